The number of hydrogen-bond donors (Lipinski definition) is 2. The van der Waals surface area contributed by atoms with E-state index < -0.39 is 5.97 Å². The Morgan fingerprint density at radius 2 is 1.16 bits per heavy atom. The van der Waals surface area contributed by atoms with Gasteiger partial charge in [-0.2, -0.15) is 0 Å². The molecule has 0 aromatic rings. The smallest absolute Gasteiger partial charge is 0.305 e. The summed E-state index contributed by atoms with van der Waals surface area (Å²) in [6.45, 7) is 7.51. The van der Waals surface area contributed by atoms with Gasteiger partial charge < -0.3 is 24.6 Å². The third-order valence-electron chi connectivity index (χ3n) is 7.95. The van der Waals surface area contributed by atoms with Crippen LogP contribution < -0.4 is 0 Å². The number of esters is 2. The maximum atomic E-state index is 11.5. The second kappa shape index (κ2) is 43.9. The van der Waals surface area contributed by atoms with Crippen LogP contribution in [0, 0.1) is 5.92 Å². The van der Waals surface area contributed by atoms with E-state index in [0.29, 0.717) is 84.7 Å². The summed E-state index contributed by atoms with van der Waals surface area (Å²) in [6, 6.07) is 2.64. The van der Waals surface area contributed by atoms with Gasteiger partial charge in [-0.15, -0.1) is 0 Å². The fraction of sp³-hybridized carbons (Fsp3) is 0.650. The van der Waals surface area contributed by atoms with Crippen molar-refractivity contribution in [2.24, 2.45) is 15.9 Å². The first-order chi connectivity index (χ1) is 29.0. The number of carboxylic acid groups (broad SMARTS) is 1. The Kier molecular flexibility index (Phi) is 46.9. The van der Waals surface area contributed by atoms with Gasteiger partial charge in [0.1, 0.15) is 0 Å². The Hall–Kier alpha value is -4.74. The molecule has 1 atom stereocenters. The molecule has 3 rings (SSSR count). The minimum Gasteiger partial charge on any atom is -0.481 e. The maximum absolute atomic E-state index is 11.5. The van der Waals surface area contributed by atoms with Gasteiger partial charge in [-0.3, -0.25) is 57.9 Å². The highest BCUT2D eigenvalue weighted by molar-refractivity contribution is 8.07. The standard InChI is InChI=1S/C11H17NO4.C10H13NO4.C9H11NO4.C8H17N3.CH4O.CH4.BPS.B/c1-8-7-9(13)12(11(8)15)6-4-3-5-10(14)16-2;1-15-10(14)4-2-3-7-11-8(12)5-6-9(11)13;11-7-4-5-8(12)10(7)6-2-1-3-9(13)14;1-4-9-8-10-6-5-7-11(2)3;1-2;;1-2-3;/h8H,3-7H2,1-2H3;5-6H,2-4,7H2,1H3;4-5H,1-3,6H2,(H,13,14);4-7H2,1-3H3;2H,1H3;1H4;;. The van der Waals surface area contributed by atoms with Crippen LogP contribution in [0.4, 0.5) is 0 Å². The largest absolute Gasteiger partial charge is 0.481 e. The van der Waals surface area contributed by atoms with Gasteiger partial charge in [0, 0.05) is 97.6 Å². The number of aliphatic imine (C=N–C) groups is 2. The average Bonchev–Trinajstić information content (AvgIpc) is 3.82. The lowest BCUT2D eigenvalue weighted by Gasteiger charge is -2.13. The minimum absolute atomic E-state index is 0. The van der Waals surface area contributed by atoms with Crippen LogP contribution in [0.5, 0.6) is 0 Å². The van der Waals surface area contributed by atoms with E-state index in [1.54, 1.807) is 6.92 Å². The molecule has 19 nitrogen and oxygen atoms in total. The molecule has 63 heavy (non-hydrogen) atoms. The van der Waals surface area contributed by atoms with E-state index in [0.717, 1.165) is 43.0 Å². The number of nitrogens with zero attached hydrogens (tertiary/aromatic N) is 6. The summed E-state index contributed by atoms with van der Waals surface area (Å²) in [6.07, 6.45) is 10.6. The summed E-state index contributed by atoms with van der Waals surface area (Å²) < 4.78 is 8.96. The molecule has 2 N–H and O–H groups in total. The molecule has 3 aliphatic rings. The average molecular weight is 924 g/mol. The van der Waals surface area contributed by atoms with E-state index in [-0.39, 0.29) is 75.6 Å². The molecule has 3 aliphatic heterocycles. The number of rotatable bonds is 20. The van der Waals surface area contributed by atoms with Crippen LogP contribution >= 0.6 is 7.23 Å². The number of aliphatic hydroxyl groups is 1. The van der Waals surface area contributed by atoms with Gasteiger partial charge in [0.2, 0.25) is 11.8 Å². The quantitative estimate of drug-likeness (QED) is 0.0445. The number of amides is 6. The molecule has 3 heterocycles. The zero-order valence-electron chi connectivity index (χ0n) is 37.0. The molecular weight excluding hydrogens is 857 g/mol. The van der Waals surface area contributed by atoms with Gasteiger partial charge in [-0.05, 0) is 72.5 Å². The number of likely N-dealkylation sites (tertiary alicyclic amines) is 1. The lowest BCUT2D eigenvalue weighted by Crippen LogP contribution is -2.31. The molecule has 5 radical (unpaired) electrons. The summed E-state index contributed by atoms with van der Waals surface area (Å²) in [5, 5.41) is 15.3. The molecule has 1 saturated heterocycles. The van der Waals surface area contributed by atoms with E-state index >= 15 is 0 Å². The van der Waals surface area contributed by atoms with Crippen molar-refractivity contribution in [1.82, 2.24) is 19.6 Å². The Morgan fingerprint density at radius 1 is 0.778 bits per heavy atom. The van der Waals surface area contributed by atoms with Crippen molar-refractivity contribution < 1.29 is 62.8 Å². The van der Waals surface area contributed by atoms with E-state index in [1.807, 2.05) is 6.92 Å². The molecule has 1 unspecified atom stereocenters. The van der Waals surface area contributed by atoms with Gasteiger partial charge in [-0.25, -0.2) is 9.98 Å². The number of imide groups is 3. The van der Waals surface area contributed by atoms with Gasteiger partial charge in [0.15, 0.2) is 7.57 Å². The zero-order valence-corrected chi connectivity index (χ0v) is 38.7. The van der Waals surface area contributed by atoms with Crippen molar-refractivity contribution in [3.63, 3.8) is 0 Å². The molecule has 0 saturated carbocycles. The summed E-state index contributed by atoms with van der Waals surface area (Å²) in [5.41, 5.74) is 0. The lowest BCUT2D eigenvalue weighted by molar-refractivity contribution is -0.142. The molecule has 0 aromatic heterocycles. The van der Waals surface area contributed by atoms with Crippen LogP contribution in [0.15, 0.2) is 34.3 Å². The number of aliphatic hydroxyl groups excluding tert-OH is 1. The molecule has 0 aromatic carbocycles. The van der Waals surface area contributed by atoms with Crippen molar-refractivity contribution in [1.29, 1.82) is 0 Å². The maximum Gasteiger partial charge on any atom is 0.305 e. The monoisotopic (exact) mass is 923 g/mol. The van der Waals surface area contributed by atoms with Crippen LogP contribution in [-0.4, -0.2) is 180 Å². The molecule has 351 valence electrons. The summed E-state index contributed by atoms with van der Waals surface area (Å²) >= 11 is 4.14. The van der Waals surface area contributed by atoms with E-state index in [2.05, 4.69) is 63.8 Å². The summed E-state index contributed by atoms with van der Waals surface area (Å²) in [5.74, 6) is -2.96. The number of carboxylic acids is 1. The van der Waals surface area contributed by atoms with Crippen LogP contribution in [-0.2, 0) is 64.4 Å². The van der Waals surface area contributed by atoms with Crippen molar-refractivity contribution in [2.75, 3.05) is 74.7 Å². The number of hydrogen-bond acceptors (Lipinski definition) is 16. The molecule has 23 heteroatoms. The normalized spacial score (nSPS) is 14.2. The third kappa shape index (κ3) is 35.4. The van der Waals surface area contributed by atoms with Crippen molar-refractivity contribution >= 4 is 94.4 Å². The van der Waals surface area contributed by atoms with Gasteiger partial charge in [0.05, 0.1) is 26.8 Å². The molecule has 6 amide bonds. The highest BCUT2D eigenvalue weighted by Gasteiger charge is 2.34. The van der Waals surface area contributed by atoms with Gasteiger partial charge in [-0.1, -0.05) is 33.4 Å². The second-order valence-corrected chi connectivity index (χ2v) is 13.8. The van der Waals surface area contributed by atoms with Crippen LogP contribution in [0.3, 0.4) is 0 Å². The Bertz CT molecular complexity index is 1510. The summed E-state index contributed by atoms with van der Waals surface area (Å²) in [7, 11) is 12.9. The topological polar surface area (TPSA) is 250 Å². The molecule has 1 fully saturated rings. The van der Waals surface area contributed by atoms with Crippen molar-refractivity contribution in [3.8, 4) is 0 Å². The molecule has 0 aliphatic carbocycles. The van der Waals surface area contributed by atoms with Crippen molar-refractivity contribution in [3.05, 3.63) is 24.3 Å². The van der Waals surface area contributed by atoms with Crippen LogP contribution in [0.2, 0.25) is 0 Å². The van der Waals surface area contributed by atoms with E-state index in [4.69, 9.17) is 10.2 Å². The SMILES string of the molecule is C.CCN=C=NCCCN(C)C.CO.COC(=O)CCCCN1C(=O)C=CC1=O.COC(=O)CCCCN1C(=O)CC(C)C1=O.O=C(O)CCCCN1C(=O)C=CC1=O.[B].[B]P=S. The Balaban J connectivity index is -0.000000228. The number of unbranched alkanes of at least 4 members (excludes halogenated alkanes) is 3. The van der Waals surface area contributed by atoms with Crippen LogP contribution in [0.25, 0.3) is 0 Å². The Morgan fingerprint density at radius 3 is 1.48 bits per heavy atom. The molecular formula is C40H66B2N6O13PS. The number of carbonyl (C=O) groups is 9. The van der Waals surface area contributed by atoms with E-state index in [9.17, 15) is 43.2 Å². The zero-order chi connectivity index (χ0) is 47.2. The number of methoxy groups -OCH3 is 2. The predicted octanol–water partition coefficient (Wildman–Crippen LogP) is 2.62. The first-order valence-corrected chi connectivity index (χ1v) is 21.4. The molecule has 0 spiro atoms. The Labute approximate surface area is 382 Å². The molecule has 0 bridgehead atoms. The highest BCUT2D eigenvalue weighted by Crippen LogP contribution is 2.19. The number of aliphatic carboxylic acids is 1. The summed E-state index contributed by atoms with van der Waals surface area (Å²) in [4.78, 5) is 112. The van der Waals surface area contributed by atoms with Gasteiger partial charge in [0.25, 0.3) is 23.6 Å². The first-order valence-electron chi connectivity index (χ1n) is 19.5. The van der Waals surface area contributed by atoms with Crippen molar-refractivity contribution in [2.45, 2.75) is 91.9 Å². The third-order valence-corrected chi connectivity index (χ3v) is 7.95. The lowest BCUT2D eigenvalue weighted by atomic mass is 10.1. The fourth-order valence-corrected chi connectivity index (χ4v) is 4.85. The van der Waals surface area contributed by atoms with E-state index in [1.165, 1.54) is 43.4 Å². The number of carbonyl (C=O) groups excluding carboxylic acids is 8. The fourth-order valence-electron chi connectivity index (χ4n) is 4.85. The predicted molar refractivity (Wildman–Crippen MR) is 245 cm³/mol. The first kappa shape index (κ1) is 67.3. The van der Waals surface area contributed by atoms with Crippen LogP contribution in [0.1, 0.15) is 91.9 Å². The second-order valence-electron chi connectivity index (χ2n) is 12.9. The number of ether oxygens (including phenoxy) is 2. The van der Waals surface area contributed by atoms with Gasteiger partial charge >= 0.3 is 17.9 Å². The highest BCUT2D eigenvalue weighted by atomic mass is 32.4. The minimum atomic E-state index is -0.859.